The Morgan fingerprint density at radius 2 is 1.96 bits per heavy atom. The third-order valence-electron chi connectivity index (χ3n) is 4.26. The summed E-state index contributed by atoms with van der Waals surface area (Å²) in [4.78, 5) is 23.7. The SMILES string of the molecule is CCOC(=O)COc1cccc(NC(=O)C2CC2c2ccc(F)c(F)c2)c1. The van der Waals surface area contributed by atoms with Crippen molar-refractivity contribution in [3.8, 4) is 5.75 Å². The molecule has 0 saturated heterocycles. The summed E-state index contributed by atoms with van der Waals surface area (Å²) in [6.07, 6.45) is 0.579. The number of carbonyl (C=O) groups is 2. The van der Waals surface area contributed by atoms with E-state index in [0.29, 0.717) is 23.4 Å². The topological polar surface area (TPSA) is 64.6 Å². The number of rotatable bonds is 7. The minimum Gasteiger partial charge on any atom is -0.482 e. The number of benzene rings is 2. The van der Waals surface area contributed by atoms with Gasteiger partial charge in [-0.25, -0.2) is 13.6 Å². The van der Waals surface area contributed by atoms with Crippen LogP contribution < -0.4 is 10.1 Å². The summed E-state index contributed by atoms with van der Waals surface area (Å²) in [6.45, 7) is 1.77. The molecule has 142 valence electrons. The summed E-state index contributed by atoms with van der Waals surface area (Å²) in [5.41, 5.74) is 1.14. The fraction of sp³-hybridized carbons (Fsp3) is 0.300. The highest BCUT2D eigenvalue weighted by atomic mass is 19.2. The molecule has 3 rings (SSSR count). The maximum atomic E-state index is 13.3. The van der Waals surface area contributed by atoms with Crippen molar-refractivity contribution < 1.29 is 27.8 Å². The lowest BCUT2D eigenvalue weighted by molar-refractivity contribution is -0.145. The lowest BCUT2D eigenvalue weighted by Crippen LogP contribution is -2.16. The van der Waals surface area contributed by atoms with Gasteiger partial charge >= 0.3 is 5.97 Å². The molecule has 0 bridgehead atoms. The van der Waals surface area contributed by atoms with Crippen LogP contribution in [0.4, 0.5) is 14.5 Å². The van der Waals surface area contributed by atoms with Gasteiger partial charge in [0.1, 0.15) is 5.75 Å². The summed E-state index contributed by atoms with van der Waals surface area (Å²) >= 11 is 0. The molecule has 0 heterocycles. The predicted octanol–water partition coefficient (Wildman–Crippen LogP) is 3.65. The third kappa shape index (κ3) is 4.81. The Kier molecular flexibility index (Phi) is 5.69. The number of hydrogen-bond donors (Lipinski definition) is 1. The quantitative estimate of drug-likeness (QED) is 0.751. The minimum atomic E-state index is -0.912. The number of hydrogen-bond acceptors (Lipinski definition) is 4. The molecule has 0 radical (unpaired) electrons. The first-order valence-electron chi connectivity index (χ1n) is 8.62. The number of ether oxygens (including phenoxy) is 2. The van der Waals surface area contributed by atoms with Gasteiger partial charge in [0, 0.05) is 17.7 Å². The minimum absolute atomic E-state index is 0.122. The molecular weight excluding hydrogens is 356 g/mol. The van der Waals surface area contributed by atoms with Crippen molar-refractivity contribution in [2.45, 2.75) is 19.3 Å². The van der Waals surface area contributed by atoms with Crippen molar-refractivity contribution >= 4 is 17.6 Å². The number of amides is 1. The molecule has 1 aliphatic rings. The van der Waals surface area contributed by atoms with Crippen LogP contribution in [0.25, 0.3) is 0 Å². The molecule has 5 nitrogen and oxygen atoms in total. The van der Waals surface area contributed by atoms with Crippen LogP contribution in [-0.2, 0) is 14.3 Å². The van der Waals surface area contributed by atoms with Gasteiger partial charge in [-0.2, -0.15) is 0 Å². The molecule has 0 aromatic heterocycles. The molecule has 2 atom stereocenters. The van der Waals surface area contributed by atoms with Crippen molar-refractivity contribution in [2.24, 2.45) is 5.92 Å². The molecule has 0 aliphatic heterocycles. The van der Waals surface area contributed by atoms with Crippen LogP contribution in [0.5, 0.6) is 5.75 Å². The molecular formula is C20H19F2NO4. The number of nitrogens with one attached hydrogen (secondary N) is 1. The first-order chi connectivity index (χ1) is 13.0. The highest BCUT2D eigenvalue weighted by Crippen LogP contribution is 2.48. The van der Waals surface area contributed by atoms with E-state index >= 15 is 0 Å². The molecule has 2 aromatic carbocycles. The zero-order chi connectivity index (χ0) is 19.4. The number of halogens is 2. The van der Waals surface area contributed by atoms with Crippen LogP contribution in [0.15, 0.2) is 42.5 Å². The van der Waals surface area contributed by atoms with Crippen molar-refractivity contribution in [3.63, 3.8) is 0 Å². The van der Waals surface area contributed by atoms with E-state index in [9.17, 15) is 18.4 Å². The average molecular weight is 375 g/mol. The van der Waals surface area contributed by atoms with Crippen LogP contribution in [0.3, 0.4) is 0 Å². The van der Waals surface area contributed by atoms with E-state index in [4.69, 9.17) is 9.47 Å². The molecule has 1 fully saturated rings. The molecule has 2 unspecified atom stereocenters. The van der Waals surface area contributed by atoms with Crippen molar-refractivity contribution in [1.29, 1.82) is 0 Å². The normalized spacial score (nSPS) is 17.9. The summed E-state index contributed by atoms with van der Waals surface area (Å²) in [7, 11) is 0. The first kappa shape index (κ1) is 18.8. The summed E-state index contributed by atoms with van der Waals surface area (Å²) in [5, 5.41) is 2.78. The second kappa shape index (κ2) is 8.16. The molecule has 1 N–H and O–H groups in total. The van der Waals surface area contributed by atoms with E-state index in [-0.39, 0.29) is 31.0 Å². The average Bonchev–Trinajstić information content (AvgIpc) is 3.44. The maximum absolute atomic E-state index is 13.3. The van der Waals surface area contributed by atoms with Crippen molar-refractivity contribution in [3.05, 3.63) is 59.7 Å². The van der Waals surface area contributed by atoms with Crippen LogP contribution in [-0.4, -0.2) is 25.1 Å². The van der Waals surface area contributed by atoms with Gasteiger partial charge in [-0.3, -0.25) is 4.79 Å². The van der Waals surface area contributed by atoms with Crippen molar-refractivity contribution in [2.75, 3.05) is 18.5 Å². The Labute approximate surface area is 155 Å². The zero-order valence-corrected chi connectivity index (χ0v) is 14.7. The Hall–Kier alpha value is -2.96. The van der Waals surface area contributed by atoms with Crippen LogP contribution in [0.2, 0.25) is 0 Å². The van der Waals surface area contributed by atoms with Gasteiger partial charge in [0.2, 0.25) is 5.91 Å². The predicted molar refractivity (Wildman–Crippen MR) is 94.4 cm³/mol. The van der Waals surface area contributed by atoms with Gasteiger partial charge in [-0.05, 0) is 49.1 Å². The highest BCUT2D eigenvalue weighted by Gasteiger charge is 2.44. The van der Waals surface area contributed by atoms with E-state index in [1.807, 2.05) is 0 Å². The second-order valence-corrected chi connectivity index (χ2v) is 6.23. The second-order valence-electron chi connectivity index (χ2n) is 6.23. The lowest BCUT2D eigenvalue weighted by Gasteiger charge is -2.09. The van der Waals surface area contributed by atoms with E-state index < -0.39 is 17.6 Å². The number of carbonyl (C=O) groups excluding carboxylic acids is 2. The Bertz CT molecular complexity index is 856. The van der Waals surface area contributed by atoms with Gasteiger partial charge in [0.25, 0.3) is 0 Å². The van der Waals surface area contributed by atoms with Gasteiger partial charge in [0.15, 0.2) is 18.2 Å². The Balaban J connectivity index is 1.56. The van der Waals surface area contributed by atoms with Crippen LogP contribution in [0, 0.1) is 17.6 Å². The van der Waals surface area contributed by atoms with Gasteiger partial charge in [-0.1, -0.05) is 12.1 Å². The van der Waals surface area contributed by atoms with E-state index in [2.05, 4.69) is 5.32 Å². The number of anilines is 1. The van der Waals surface area contributed by atoms with E-state index in [1.54, 1.807) is 31.2 Å². The van der Waals surface area contributed by atoms with Gasteiger partial charge < -0.3 is 14.8 Å². The standard InChI is InChI=1S/C20H19F2NO4/c1-2-26-19(24)11-27-14-5-3-4-13(9-14)23-20(25)16-10-15(16)12-6-7-17(21)18(22)8-12/h3-9,15-16H,2,10-11H2,1H3,(H,23,25). The molecule has 1 saturated carbocycles. The summed E-state index contributed by atoms with van der Waals surface area (Å²) in [5.74, 6) is -2.48. The first-order valence-corrected chi connectivity index (χ1v) is 8.62. The van der Waals surface area contributed by atoms with Crippen molar-refractivity contribution in [1.82, 2.24) is 0 Å². The van der Waals surface area contributed by atoms with Crippen LogP contribution >= 0.6 is 0 Å². The van der Waals surface area contributed by atoms with Gasteiger partial charge in [-0.15, -0.1) is 0 Å². The number of esters is 1. The summed E-state index contributed by atoms with van der Waals surface area (Å²) < 4.78 is 36.5. The van der Waals surface area contributed by atoms with E-state index in [0.717, 1.165) is 12.1 Å². The molecule has 0 spiro atoms. The summed E-state index contributed by atoms with van der Waals surface area (Å²) in [6, 6.07) is 10.4. The molecule has 1 aliphatic carbocycles. The van der Waals surface area contributed by atoms with E-state index in [1.165, 1.54) is 6.07 Å². The monoisotopic (exact) mass is 375 g/mol. The van der Waals surface area contributed by atoms with Gasteiger partial charge in [0.05, 0.1) is 6.61 Å². The molecule has 1 amide bonds. The fourth-order valence-electron chi connectivity index (χ4n) is 2.84. The largest absolute Gasteiger partial charge is 0.482 e. The highest BCUT2D eigenvalue weighted by molar-refractivity contribution is 5.95. The van der Waals surface area contributed by atoms with Crippen LogP contribution in [0.1, 0.15) is 24.8 Å². The Morgan fingerprint density at radius 1 is 1.15 bits per heavy atom. The smallest absolute Gasteiger partial charge is 0.344 e. The zero-order valence-electron chi connectivity index (χ0n) is 14.7. The Morgan fingerprint density at radius 3 is 2.70 bits per heavy atom. The third-order valence-corrected chi connectivity index (χ3v) is 4.26. The molecule has 2 aromatic rings. The molecule has 27 heavy (non-hydrogen) atoms. The molecule has 7 heteroatoms. The fourth-order valence-corrected chi connectivity index (χ4v) is 2.84. The maximum Gasteiger partial charge on any atom is 0.344 e. The lowest BCUT2D eigenvalue weighted by atomic mass is 10.1.